The van der Waals surface area contributed by atoms with Crippen molar-refractivity contribution in [2.45, 2.75) is 20.3 Å². The van der Waals surface area contributed by atoms with E-state index in [4.69, 9.17) is 0 Å². The van der Waals surface area contributed by atoms with Gasteiger partial charge < -0.3 is 9.97 Å². The van der Waals surface area contributed by atoms with Crippen LogP contribution in [0.3, 0.4) is 0 Å². The lowest BCUT2D eigenvalue weighted by Crippen LogP contribution is -2.09. The molecule has 0 aliphatic carbocycles. The summed E-state index contributed by atoms with van der Waals surface area (Å²) < 4.78 is 0. The van der Waals surface area contributed by atoms with E-state index in [-0.39, 0.29) is 18.0 Å². The molecule has 4 heteroatoms. The molecule has 0 radical (unpaired) electrons. The zero-order chi connectivity index (χ0) is 12.4. The fourth-order valence-electron chi connectivity index (χ4n) is 1.67. The van der Waals surface area contributed by atoms with Gasteiger partial charge in [0.15, 0.2) is 11.6 Å². The Morgan fingerprint density at radius 1 is 0.882 bits per heavy atom. The van der Waals surface area contributed by atoms with Gasteiger partial charge in [0.1, 0.15) is 0 Å². The number of hydrogen-bond acceptors (Lipinski definition) is 2. The van der Waals surface area contributed by atoms with Crippen molar-refractivity contribution in [1.82, 2.24) is 9.97 Å². The number of Topliss-reactive ketones (excluding diaryl/α,β-unsaturated/α-hetero) is 2. The number of ketones is 2. The maximum Gasteiger partial charge on any atom is 0.186 e. The third kappa shape index (κ3) is 2.53. The van der Waals surface area contributed by atoms with Crippen molar-refractivity contribution in [3.8, 4) is 0 Å². The van der Waals surface area contributed by atoms with Crippen molar-refractivity contribution in [3.63, 3.8) is 0 Å². The predicted molar refractivity (Wildman–Crippen MR) is 64.3 cm³/mol. The van der Waals surface area contributed by atoms with Crippen molar-refractivity contribution in [2.75, 3.05) is 0 Å². The average Bonchev–Trinajstić information content (AvgIpc) is 2.87. The number of carbonyl (C=O) groups excluding carboxylic acids is 2. The molecule has 2 aromatic rings. The van der Waals surface area contributed by atoms with Gasteiger partial charge in [-0.25, -0.2) is 0 Å². The van der Waals surface area contributed by atoms with Crippen molar-refractivity contribution >= 4 is 11.6 Å². The minimum Gasteiger partial charge on any atom is -0.356 e. The molecular weight excluding hydrogens is 216 g/mol. The molecule has 2 rings (SSSR count). The number of rotatable bonds is 4. The van der Waals surface area contributed by atoms with E-state index in [1.807, 2.05) is 26.0 Å². The fourth-order valence-corrected chi connectivity index (χ4v) is 1.67. The molecule has 0 amide bonds. The van der Waals surface area contributed by atoms with Crippen LogP contribution in [0.25, 0.3) is 0 Å². The van der Waals surface area contributed by atoms with Crippen LogP contribution in [0, 0.1) is 13.8 Å². The zero-order valence-corrected chi connectivity index (χ0v) is 9.83. The third-order valence-electron chi connectivity index (χ3n) is 2.59. The Hall–Kier alpha value is -2.10. The standard InChI is InChI=1S/C13H14N2O2/c1-8-3-5-10(14-8)12(16)7-13(17)11-6-4-9(2)15-11/h3-6,14-15H,7H2,1-2H3. The molecule has 0 saturated carbocycles. The summed E-state index contributed by atoms with van der Waals surface area (Å²) in [5.74, 6) is -0.370. The Kier molecular flexibility index (Phi) is 2.95. The highest BCUT2D eigenvalue weighted by molar-refractivity contribution is 6.12. The van der Waals surface area contributed by atoms with Crippen LogP contribution in [-0.4, -0.2) is 21.5 Å². The molecule has 0 aromatic carbocycles. The van der Waals surface area contributed by atoms with Gasteiger partial charge in [-0.05, 0) is 38.1 Å². The van der Waals surface area contributed by atoms with Gasteiger partial charge in [0, 0.05) is 11.4 Å². The van der Waals surface area contributed by atoms with Gasteiger partial charge in [-0.3, -0.25) is 9.59 Å². The molecule has 88 valence electrons. The van der Waals surface area contributed by atoms with Crippen LogP contribution in [0.1, 0.15) is 38.8 Å². The third-order valence-corrected chi connectivity index (χ3v) is 2.59. The molecule has 0 bridgehead atoms. The lowest BCUT2D eigenvalue weighted by Gasteiger charge is -1.97. The Bertz CT molecular complexity index is 513. The molecule has 4 nitrogen and oxygen atoms in total. The fraction of sp³-hybridized carbons (Fsp3) is 0.231. The Labute approximate surface area is 99.1 Å². The van der Waals surface area contributed by atoms with Gasteiger partial charge in [-0.1, -0.05) is 0 Å². The summed E-state index contributed by atoms with van der Waals surface area (Å²) in [4.78, 5) is 29.4. The molecule has 17 heavy (non-hydrogen) atoms. The lowest BCUT2D eigenvalue weighted by atomic mass is 10.1. The van der Waals surface area contributed by atoms with E-state index < -0.39 is 0 Å². The summed E-state index contributed by atoms with van der Waals surface area (Å²) in [5, 5.41) is 0. The van der Waals surface area contributed by atoms with Crippen LogP contribution in [0.5, 0.6) is 0 Å². The average molecular weight is 230 g/mol. The summed E-state index contributed by atoms with van der Waals surface area (Å²) in [6.45, 7) is 3.74. The molecular formula is C13H14N2O2. The van der Waals surface area contributed by atoms with Gasteiger partial charge in [-0.15, -0.1) is 0 Å². The second-order valence-corrected chi connectivity index (χ2v) is 4.13. The summed E-state index contributed by atoms with van der Waals surface area (Å²) >= 11 is 0. The number of hydrogen-bond donors (Lipinski definition) is 2. The number of aromatic amines is 2. The van der Waals surface area contributed by atoms with Crippen LogP contribution in [0.4, 0.5) is 0 Å². The van der Waals surface area contributed by atoms with Crippen LogP contribution >= 0.6 is 0 Å². The number of H-pyrrole nitrogens is 2. The minimum absolute atomic E-state index is 0.111. The quantitative estimate of drug-likeness (QED) is 0.625. The van der Waals surface area contributed by atoms with Gasteiger partial charge in [0.2, 0.25) is 0 Å². The SMILES string of the molecule is Cc1ccc(C(=O)CC(=O)c2ccc(C)[nH]2)[nH]1. The highest BCUT2D eigenvalue weighted by Crippen LogP contribution is 2.08. The first-order valence-corrected chi connectivity index (χ1v) is 5.44. The number of carbonyl (C=O) groups is 2. The van der Waals surface area contributed by atoms with Crippen LogP contribution in [0.15, 0.2) is 24.3 Å². The predicted octanol–water partition coefficient (Wildman–Crippen LogP) is 2.42. The summed E-state index contributed by atoms with van der Waals surface area (Å²) in [6.07, 6.45) is -0.111. The first-order valence-electron chi connectivity index (χ1n) is 5.44. The maximum atomic E-state index is 11.8. The summed E-state index contributed by atoms with van der Waals surface area (Å²) in [7, 11) is 0. The van der Waals surface area contributed by atoms with E-state index in [1.165, 1.54) is 0 Å². The second-order valence-electron chi connectivity index (χ2n) is 4.13. The van der Waals surface area contributed by atoms with E-state index in [0.29, 0.717) is 11.4 Å². The monoisotopic (exact) mass is 230 g/mol. The Morgan fingerprint density at radius 2 is 1.29 bits per heavy atom. The highest BCUT2D eigenvalue weighted by atomic mass is 16.1. The largest absolute Gasteiger partial charge is 0.356 e. The number of aromatic nitrogens is 2. The topological polar surface area (TPSA) is 65.7 Å². The molecule has 0 unspecified atom stereocenters. The molecule has 2 heterocycles. The van der Waals surface area contributed by atoms with Crippen molar-refractivity contribution in [1.29, 1.82) is 0 Å². The van der Waals surface area contributed by atoms with Gasteiger partial charge >= 0.3 is 0 Å². The van der Waals surface area contributed by atoms with Crippen LogP contribution in [0.2, 0.25) is 0 Å². The van der Waals surface area contributed by atoms with Crippen molar-refractivity contribution in [2.24, 2.45) is 0 Å². The highest BCUT2D eigenvalue weighted by Gasteiger charge is 2.15. The van der Waals surface area contributed by atoms with Crippen LogP contribution < -0.4 is 0 Å². The van der Waals surface area contributed by atoms with E-state index in [1.54, 1.807) is 12.1 Å². The number of aryl methyl sites for hydroxylation is 2. The molecule has 0 spiro atoms. The van der Waals surface area contributed by atoms with Gasteiger partial charge in [0.25, 0.3) is 0 Å². The normalized spacial score (nSPS) is 10.5. The zero-order valence-electron chi connectivity index (χ0n) is 9.83. The van der Waals surface area contributed by atoms with Crippen molar-refractivity contribution in [3.05, 3.63) is 47.0 Å². The van der Waals surface area contributed by atoms with E-state index in [2.05, 4.69) is 9.97 Å². The van der Waals surface area contributed by atoms with E-state index in [0.717, 1.165) is 11.4 Å². The Balaban J connectivity index is 2.07. The molecule has 0 aliphatic rings. The molecule has 0 aliphatic heterocycles. The number of nitrogens with one attached hydrogen (secondary N) is 2. The lowest BCUT2D eigenvalue weighted by molar-refractivity contribution is 0.0889. The molecule has 0 saturated heterocycles. The first-order chi connectivity index (χ1) is 8.06. The van der Waals surface area contributed by atoms with Gasteiger partial charge in [0.05, 0.1) is 17.8 Å². The Morgan fingerprint density at radius 3 is 1.59 bits per heavy atom. The minimum atomic E-state index is -0.185. The van der Waals surface area contributed by atoms with Crippen molar-refractivity contribution < 1.29 is 9.59 Å². The van der Waals surface area contributed by atoms with E-state index >= 15 is 0 Å². The summed E-state index contributed by atoms with van der Waals surface area (Å²) in [5.41, 5.74) is 2.80. The van der Waals surface area contributed by atoms with E-state index in [9.17, 15) is 9.59 Å². The van der Waals surface area contributed by atoms with Gasteiger partial charge in [-0.2, -0.15) is 0 Å². The molecule has 0 atom stereocenters. The molecule has 2 N–H and O–H groups in total. The summed E-state index contributed by atoms with van der Waals surface area (Å²) in [6, 6.07) is 7.03. The maximum absolute atomic E-state index is 11.8. The first kappa shape index (κ1) is 11.4. The molecule has 0 fully saturated rings. The molecule has 2 aromatic heterocycles. The smallest absolute Gasteiger partial charge is 0.186 e. The second kappa shape index (κ2) is 4.41. The van der Waals surface area contributed by atoms with Crippen LogP contribution in [-0.2, 0) is 0 Å².